The van der Waals surface area contributed by atoms with Crippen LogP contribution < -0.4 is 10.2 Å². The first kappa shape index (κ1) is 12.3. The maximum absolute atomic E-state index is 13.7. The maximum Gasteiger partial charge on any atom is 0.492 e. The van der Waals surface area contributed by atoms with E-state index in [1.807, 2.05) is 0 Å². The highest BCUT2D eigenvalue weighted by atomic mass is 19.1. The maximum atomic E-state index is 13.7. The van der Waals surface area contributed by atoms with E-state index in [4.69, 9.17) is 19.5 Å². The predicted molar refractivity (Wildman–Crippen MR) is 57.5 cm³/mol. The van der Waals surface area contributed by atoms with Gasteiger partial charge in [-0.05, 0) is 11.6 Å². The van der Waals surface area contributed by atoms with Crippen molar-refractivity contribution < 1.29 is 29.0 Å². The number of ether oxygens (including phenoxy) is 2. The van der Waals surface area contributed by atoms with Crippen molar-refractivity contribution >= 4 is 12.6 Å². The third-order valence-corrected chi connectivity index (χ3v) is 2.77. The Morgan fingerprint density at radius 2 is 2.06 bits per heavy atom. The van der Waals surface area contributed by atoms with Crippen molar-refractivity contribution in [2.45, 2.75) is 5.60 Å². The molecule has 0 amide bonds. The zero-order valence-electron chi connectivity index (χ0n) is 9.18. The Labute approximate surface area is 97.6 Å². The largest absolute Gasteiger partial charge is 0.494 e. The third kappa shape index (κ3) is 2.02. The van der Waals surface area contributed by atoms with E-state index in [2.05, 4.69) is 0 Å². The quantitative estimate of drug-likeness (QED) is 0.576. The summed E-state index contributed by atoms with van der Waals surface area (Å²) < 4.78 is 23.3. The second kappa shape index (κ2) is 4.27. The second-order valence-electron chi connectivity index (χ2n) is 3.98. The van der Waals surface area contributed by atoms with Gasteiger partial charge in [-0.1, -0.05) is 6.07 Å². The molecule has 0 saturated carbocycles. The van der Waals surface area contributed by atoms with E-state index in [-0.39, 0.29) is 30.0 Å². The lowest BCUT2D eigenvalue weighted by molar-refractivity contribution is -0.184. The van der Waals surface area contributed by atoms with Crippen LogP contribution in [-0.2, 0) is 10.3 Å². The molecule has 3 N–H and O–H groups in total. The van der Waals surface area contributed by atoms with Crippen molar-refractivity contribution in [3.8, 4) is 5.75 Å². The number of rotatable bonds is 3. The molecule has 5 nitrogen and oxygen atoms in total. The van der Waals surface area contributed by atoms with Gasteiger partial charge in [0.05, 0.1) is 20.3 Å². The highest BCUT2D eigenvalue weighted by Gasteiger charge is 2.39. The van der Waals surface area contributed by atoms with Gasteiger partial charge < -0.3 is 24.6 Å². The summed E-state index contributed by atoms with van der Waals surface area (Å²) >= 11 is 0. The van der Waals surface area contributed by atoms with Gasteiger partial charge in [0.15, 0.2) is 11.6 Å². The normalized spacial score (nSPS) is 17.5. The van der Waals surface area contributed by atoms with Crippen LogP contribution in [0.15, 0.2) is 12.1 Å². The minimum Gasteiger partial charge on any atom is -0.494 e. The van der Waals surface area contributed by atoms with Gasteiger partial charge in [0.25, 0.3) is 0 Å². The van der Waals surface area contributed by atoms with Crippen molar-refractivity contribution in [3.63, 3.8) is 0 Å². The van der Waals surface area contributed by atoms with Gasteiger partial charge in [-0.2, -0.15) is 0 Å². The Morgan fingerprint density at radius 1 is 1.41 bits per heavy atom. The van der Waals surface area contributed by atoms with Crippen molar-refractivity contribution in [3.05, 3.63) is 23.5 Å². The molecule has 7 heteroatoms. The molecule has 1 heterocycles. The van der Waals surface area contributed by atoms with Gasteiger partial charge in [-0.15, -0.1) is 0 Å². The van der Waals surface area contributed by atoms with Gasteiger partial charge in [-0.3, -0.25) is 0 Å². The lowest BCUT2D eigenvalue weighted by Gasteiger charge is -2.37. The zero-order chi connectivity index (χ0) is 12.6. The summed E-state index contributed by atoms with van der Waals surface area (Å²) in [5.41, 5.74) is -1.15. The van der Waals surface area contributed by atoms with Crippen LogP contribution in [0.5, 0.6) is 5.75 Å². The van der Waals surface area contributed by atoms with Crippen molar-refractivity contribution in [2.24, 2.45) is 0 Å². The van der Waals surface area contributed by atoms with E-state index in [1.54, 1.807) is 0 Å². The van der Waals surface area contributed by atoms with E-state index in [0.29, 0.717) is 0 Å². The molecule has 92 valence electrons. The summed E-state index contributed by atoms with van der Waals surface area (Å²) in [6.45, 7) is 0.111. The van der Waals surface area contributed by atoms with Crippen LogP contribution in [0.25, 0.3) is 0 Å². The summed E-state index contributed by atoms with van der Waals surface area (Å²) in [5.74, 6) is -0.999. The summed E-state index contributed by atoms with van der Waals surface area (Å²) in [6.07, 6.45) is 0. The Morgan fingerprint density at radius 3 is 2.47 bits per heavy atom. The monoisotopic (exact) mass is 242 g/mol. The van der Waals surface area contributed by atoms with Gasteiger partial charge in [-0.25, -0.2) is 4.39 Å². The average molecular weight is 242 g/mol. The van der Waals surface area contributed by atoms with E-state index in [1.165, 1.54) is 13.2 Å². The highest BCUT2D eigenvalue weighted by molar-refractivity contribution is 6.59. The summed E-state index contributed by atoms with van der Waals surface area (Å²) in [7, 11) is -0.644. The van der Waals surface area contributed by atoms with Crippen LogP contribution in [0, 0.1) is 5.82 Å². The van der Waals surface area contributed by atoms with E-state index in [9.17, 15) is 9.50 Å². The molecule has 1 aromatic rings. The molecular formula is C10H12BFO5. The number of hydrogen-bond donors (Lipinski definition) is 3. The minimum atomic E-state index is -1.87. The molecular weight excluding hydrogens is 230 g/mol. The molecule has 1 aromatic carbocycles. The summed E-state index contributed by atoms with van der Waals surface area (Å²) in [6, 6.07) is 2.41. The number of hydrogen-bond acceptors (Lipinski definition) is 5. The molecule has 2 rings (SSSR count). The molecule has 17 heavy (non-hydrogen) atoms. The minimum absolute atomic E-state index is 0.0553. The van der Waals surface area contributed by atoms with Crippen molar-refractivity contribution in [2.75, 3.05) is 20.3 Å². The van der Waals surface area contributed by atoms with Crippen LogP contribution in [-0.4, -0.2) is 42.6 Å². The average Bonchev–Trinajstić information content (AvgIpc) is 2.24. The fraction of sp³-hybridized carbons (Fsp3) is 0.400. The molecule has 0 unspecified atom stereocenters. The van der Waals surface area contributed by atoms with Gasteiger partial charge in [0.2, 0.25) is 0 Å². The molecule has 1 fully saturated rings. The molecule has 0 radical (unpaired) electrons. The topological polar surface area (TPSA) is 79.2 Å². The fourth-order valence-corrected chi connectivity index (χ4v) is 1.75. The summed E-state index contributed by atoms with van der Waals surface area (Å²) in [5, 5.41) is 28.3. The van der Waals surface area contributed by atoms with E-state index in [0.717, 1.165) is 6.07 Å². The zero-order valence-corrected chi connectivity index (χ0v) is 9.18. The van der Waals surface area contributed by atoms with E-state index >= 15 is 0 Å². The first-order chi connectivity index (χ1) is 7.98. The highest BCUT2D eigenvalue weighted by Crippen LogP contribution is 2.31. The van der Waals surface area contributed by atoms with Crippen LogP contribution in [0.4, 0.5) is 4.39 Å². The molecule has 0 aliphatic carbocycles. The van der Waals surface area contributed by atoms with Gasteiger partial charge >= 0.3 is 7.12 Å². The summed E-state index contributed by atoms with van der Waals surface area (Å²) in [4.78, 5) is 0. The Balaban J connectivity index is 2.50. The number of aliphatic hydroxyl groups is 1. The Kier molecular flexibility index (Phi) is 3.09. The Bertz CT molecular complexity index is 433. The standard InChI is InChI=1S/C10H12BFO5/c1-16-9-7(11(14)15)2-6(3-8(9)12)10(13)4-17-5-10/h2-3,13-15H,4-5H2,1H3. The predicted octanol–water partition coefficient (Wildman–Crippen LogP) is -1.27. The molecule has 0 aromatic heterocycles. The molecule has 0 spiro atoms. The SMILES string of the molecule is COc1c(F)cc(C2(O)COC2)cc1B(O)O. The number of methoxy groups -OCH3 is 1. The van der Waals surface area contributed by atoms with Crippen LogP contribution in [0.3, 0.4) is 0 Å². The molecule has 0 atom stereocenters. The first-order valence-electron chi connectivity index (χ1n) is 5.02. The smallest absolute Gasteiger partial charge is 0.492 e. The lowest BCUT2D eigenvalue weighted by Crippen LogP contribution is -2.47. The van der Waals surface area contributed by atoms with Crippen LogP contribution >= 0.6 is 0 Å². The fourth-order valence-electron chi connectivity index (χ4n) is 1.75. The van der Waals surface area contributed by atoms with Crippen molar-refractivity contribution in [1.82, 2.24) is 0 Å². The first-order valence-corrected chi connectivity index (χ1v) is 5.02. The van der Waals surface area contributed by atoms with E-state index < -0.39 is 18.5 Å². The molecule has 1 aliphatic heterocycles. The van der Waals surface area contributed by atoms with Crippen LogP contribution in [0.1, 0.15) is 5.56 Å². The van der Waals surface area contributed by atoms with Gasteiger partial charge in [0, 0.05) is 5.46 Å². The molecule has 0 bridgehead atoms. The number of halogens is 1. The third-order valence-electron chi connectivity index (χ3n) is 2.77. The van der Waals surface area contributed by atoms with Crippen molar-refractivity contribution in [1.29, 1.82) is 0 Å². The van der Waals surface area contributed by atoms with Crippen LogP contribution in [0.2, 0.25) is 0 Å². The molecule has 1 saturated heterocycles. The lowest BCUT2D eigenvalue weighted by atomic mass is 9.76. The number of benzene rings is 1. The molecule has 1 aliphatic rings. The van der Waals surface area contributed by atoms with Gasteiger partial charge in [0.1, 0.15) is 5.60 Å². The second-order valence-corrected chi connectivity index (χ2v) is 3.98. The Hall–Kier alpha value is -1.15.